The van der Waals surface area contributed by atoms with Crippen LogP contribution in [0.1, 0.15) is 38.2 Å². The van der Waals surface area contributed by atoms with Crippen molar-refractivity contribution in [3.05, 3.63) is 23.8 Å². The number of carbonyl (C=O) groups is 2. The number of rotatable bonds is 7. The van der Waals surface area contributed by atoms with Crippen molar-refractivity contribution >= 4 is 29.9 Å². The minimum Gasteiger partial charge on any atom is -0.495 e. The number of hydrogen-bond donors (Lipinski definition) is 3. The van der Waals surface area contributed by atoms with Gasteiger partial charge in [-0.3, -0.25) is 9.59 Å². The summed E-state index contributed by atoms with van der Waals surface area (Å²) in [6.45, 7) is 4.02. The van der Waals surface area contributed by atoms with E-state index in [0.29, 0.717) is 30.3 Å². The summed E-state index contributed by atoms with van der Waals surface area (Å²) < 4.78 is 5.23. The molecule has 0 aliphatic carbocycles. The maximum Gasteiger partial charge on any atom is 0.221 e. The van der Waals surface area contributed by atoms with Gasteiger partial charge in [-0.05, 0) is 56.0 Å². The van der Waals surface area contributed by atoms with Gasteiger partial charge in [-0.15, -0.1) is 12.4 Å². The third-order valence-corrected chi connectivity index (χ3v) is 4.30. The maximum absolute atomic E-state index is 12.0. The molecule has 1 aromatic carbocycles. The molecule has 1 heterocycles. The van der Waals surface area contributed by atoms with Gasteiger partial charge in [-0.2, -0.15) is 0 Å². The Morgan fingerprint density at radius 2 is 2.00 bits per heavy atom. The number of nitrogens with one attached hydrogen (secondary N) is 3. The number of methoxy groups -OCH3 is 1. The van der Waals surface area contributed by atoms with Crippen molar-refractivity contribution in [1.29, 1.82) is 0 Å². The molecule has 6 nitrogen and oxygen atoms in total. The molecule has 1 fully saturated rings. The Morgan fingerprint density at radius 3 is 2.64 bits per heavy atom. The van der Waals surface area contributed by atoms with Gasteiger partial charge in [-0.1, -0.05) is 6.07 Å². The molecule has 0 unspecified atom stereocenters. The SMILES string of the molecule is COc1ccc(CNC(=O)CCC2CCNCC2)cc1NC(C)=O.Cl. The molecular weight excluding hydrogens is 342 g/mol. The van der Waals surface area contributed by atoms with Crippen molar-refractivity contribution < 1.29 is 14.3 Å². The fourth-order valence-corrected chi connectivity index (χ4v) is 2.95. The van der Waals surface area contributed by atoms with E-state index in [0.717, 1.165) is 37.9 Å². The van der Waals surface area contributed by atoms with E-state index in [1.807, 2.05) is 12.1 Å². The van der Waals surface area contributed by atoms with E-state index in [2.05, 4.69) is 16.0 Å². The predicted octanol–water partition coefficient (Wildman–Crippen LogP) is 2.47. The summed E-state index contributed by atoms with van der Waals surface area (Å²) in [6.07, 6.45) is 3.84. The molecule has 0 bridgehead atoms. The third kappa shape index (κ3) is 7.32. The lowest BCUT2D eigenvalue weighted by molar-refractivity contribution is -0.121. The number of amides is 2. The zero-order valence-electron chi connectivity index (χ0n) is 14.9. The molecule has 0 radical (unpaired) electrons. The Bertz CT molecular complexity index is 575. The number of ether oxygens (including phenoxy) is 1. The van der Waals surface area contributed by atoms with Gasteiger partial charge in [0, 0.05) is 19.9 Å². The first-order chi connectivity index (χ1) is 11.6. The number of carbonyl (C=O) groups excluding carboxylic acids is 2. The summed E-state index contributed by atoms with van der Waals surface area (Å²) in [7, 11) is 1.56. The highest BCUT2D eigenvalue weighted by molar-refractivity contribution is 5.90. The molecule has 7 heteroatoms. The fraction of sp³-hybridized carbons (Fsp3) is 0.556. The smallest absolute Gasteiger partial charge is 0.221 e. The monoisotopic (exact) mass is 369 g/mol. The van der Waals surface area contributed by atoms with Gasteiger partial charge in [0.15, 0.2) is 0 Å². The molecule has 2 amide bonds. The van der Waals surface area contributed by atoms with Crippen LogP contribution in [0.15, 0.2) is 18.2 Å². The van der Waals surface area contributed by atoms with Crippen molar-refractivity contribution in [1.82, 2.24) is 10.6 Å². The second kappa shape index (κ2) is 10.9. The normalized spacial score (nSPS) is 14.3. The van der Waals surface area contributed by atoms with E-state index in [-0.39, 0.29) is 24.2 Å². The van der Waals surface area contributed by atoms with E-state index >= 15 is 0 Å². The van der Waals surface area contributed by atoms with Crippen molar-refractivity contribution in [3.8, 4) is 5.75 Å². The Labute approximate surface area is 155 Å². The predicted molar refractivity (Wildman–Crippen MR) is 101 cm³/mol. The van der Waals surface area contributed by atoms with Crippen molar-refractivity contribution in [2.24, 2.45) is 5.92 Å². The Kier molecular flexibility index (Phi) is 9.31. The number of piperidine rings is 1. The minimum absolute atomic E-state index is 0. The van der Waals surface area contributed by atoms with Crippen LogP contribution in [-0.2, 0) is 16.1 Å². The van der Waals surface area contributed by atoms with Crippen LogP contribution < -0.4 is 20.7 Å². The standard InChI is InChI=1S/C18H27N3O3.ClH/c1-13(22)21-16-11-15(3-5-17(16)24-2)12-20-18(23)6-4-14-7-9-19-10-8-14;/h3,5,11,14,19H,4,6-10,12H2,1-2H3,(H,20,23)(H,21,22);1H. The summed E-state index contributed by atoms with van der Waals surface area (Å²) in [4.78, 5) is 23.3. The van der Waals surface area contributed by atoms with Crippen molar-refractivity contribution in [2.45, 2.75) is 39.2 Å². The first-order valence-electron chi connectivity index (χ1n) is 8.50. The molecular formula is C18H28ClN3O3. The van der Waals surface area contributed by atoms with Crippen LogP contribution in [0.5, 0.6) is 5.75 Å². The average molecular weight is 370 g/mol. The Hall–Kier alpha value is -1.79. The summed E-state index contributed by atoms with van der Waals surface area (Å²) >= 11 is 0. The van der Waals surface area contributed by atoms with Crippen LogP contribution in [0.2, 0.25) is 0 Å². The lowest BCUT2D eigenvalue weighted by atomic mass is 9.93. The second-order valence-corrected chi connectivity index (χ2v) is 6.22. The van der Waals surface area contributed by atoms with E-state index in [1.54, 1.807) is 13.2 Å². The van der Waals surface area contributed by atoms with Crippen molar-refractivity contribution in [3.63, 3.8) is 0 Å². The Balaban J connectivity index is 0.00000312. The molecule has 1 aliphatic rings. The van der Waals surface area contributed by atoms with Gasteiger partial charge in [0.25, 0.3) is 0 Å². The van der Waals surface area contributed by atoms with Crippen molar-refractivity contribution in [2.75, 3.05) is 25.5 Å². The molecule has 3 N–H and O–H groups in total. The van der Waals surface area contributed by atoms with Gasteiger partial charge in [0.2, 0.25) is 11.8 Å². The molecule has 2 rings (SSSR count). The Morgan fingerprint density at radius 1 is 1.28 bits per heavy atom. The molecule has 140 valence electrons. The molecule has 25 heavy (non-hydrogen) atoms. The summed E-state index contributed by atoms with van der Waals surface area (Å²) in [5.74, 6) is 1.18. The zero-order valence-corrected chi connectivity index (χ0v) is 15.7. The zero-order chi connectivity index (χ0) is 17.4. The molecule has 1 aliphatic heterocycles. The van der Waals surface area contributed by atoms with Crippen LogP contribution in [0.4, 0.5) is 5.69 Å². The number of halogens is 1. The first-order valence-corrected chi connectivity index (χ1v) is 8.50. The molecule has 1 aromatic rings. The van der Waals surface area contributed by atoms with Gasteiger partial charge in [0.05, 0.1) is 12.8 Å². The summed E-state index contributed by atoms with van der Waals surface area (Å²) in [5, 5.41) is 9.02. The fourth-order valence-electron chi connectivity index (χ4n) is 2.95. The topological polar surface area (TPSA) is 79.5 Å². The second-order valence-electron chi connectivity index (χ2n) is 6.22. The van der Waals surface area contributed by atoms with Gasteiger partial charge in [-0.25, -0.2) is 0 Å². The van der Waals surface area contributed by atoms with E-state index in [4.69, 9.17) is 4.74 Å². The highest BCUT2D eigenvalue weighted by Crippen LogP contribution is 2.25. The van der Waals surface area contributed by atoms with Crippen LogP contribution in [0.25, 0.3) is 0 Å². The minimum atomic E-state index is -0.156. The molecule has 0 atom stereocenters. The highest BCUT2D eigenvalue weighted by Gasteiger charge is 2.14. The number of hydrogen-bond acceptors (Lipinski definition) is 4. The van der Waals surface area contributed by atoms with Crippen LogP contribution in [0, 0.1) is 5.92 Å². The quantitative estimate of drug-likeness (QED) is 0.689. The maximum atomic E-state index is 12.0. The number of anilines is 1. The lowest BCUT2D eigenvalue weighted by Gasteiger charge is -2.22. The average Bonchev–Trinajstić information content (AvgIpc) is 2.58. The molecule has 0 aromatic heterocycles. The van der Waals surface area contributed by atoms with Gasteiger partial charge >= 0.3 is 0 Å². The van der Waals surface area contributed by atoms with Gasteiger partial charge < -0.3 is 20.7 Å². The summed E-state index contributed by atoms with van der Waals surface area (Å²) in [6, 6.07) is 5.51. The van der Waals surface area contributed by atoms with Crippen LogP contribution in [0.3, 0.4) is 0 Å². The molecule has 0 spiro atoms. The molecule has 1 saturated heterocycles. The lowest BCUT2D eigenvalue weighted by Crippen LogP contribution is -2.29. The first kappa shape index (κ1) is 21.3. The van der Waals surface area contributed by atoms with Crippen LogP contribution >= 0.6 is 12.4 Å². The van der Waals surface area contributed by atoms with E-state index < -0.39 is 0 Å². The largest absolute Gasteiger partial charge is 0.495 e. The summed E-state index contributed by atoms with van der Waals surface area (Å²) in [5.41, 5.74) is 1.54. The molecule has 0 saturated carbocycles. The van der Waals surface area contributed by atoms with E-state index in [9.17, 15) is 9.59 Å². The third-order valence-electron chi connectivity index (χ3n) is 4.30. The van der Waals surface area contributed by atoms with Gasteiger partial charge in [0.1, 0.15) is 5.75 Å². The highest BCUT2D eigenvalue weighted by atomic mass is 35.5. The van der Waals surface area contributed by atoms with E-state index in [1.165, 1.54) is 6.92 Å². The number of benzene rings is 1. The van der Waals surface area contributed by atoms with Crippen LogP contribution in [-0.4, -0.2) is 32.0 Å².